The highest BCUT2D eigenvalue weighted by molar-refractivity contribution is 6.36. The number of carbonyl (C=O) groups is 1. The van der Waals surface area contributed by atoms with E-state index in [4.69, 9.17) is 27.6 Å². The van der Waals surface area contributed by atoms with Crippen LogP contribution in [0.1, 0.15) is 36.2 Å². The second kappa shape index (κ2) is 6.12. The SMILES string of the molecule is O=C(NC1CCCC1)c1ccc(-c2ccc(Cl)cc2Cl)o1. The van der Waals surface area contributed by atoms with E-state index >= 15 is 0 Å². The van der Waals surface area contributed by atoms with Crippen LogP contribution in [0.2, 0.25) is 10.0 Å². The van der Waals surface area contributed by atoms with Crippen molar-refractivity contribution >= 4 is 29.1 Å². The van der Waals surface area contributed by atoms with Crippen molar-refractivity contribution in [1.29, 1.82) is 0 Å². The van der Waals surface area contributed by atoms with Gasteiger partial charge in [-0.3, -0.25) is 4.79 Å². The summed E-state index contributed by atoms with van der Waals surface area (Å²) >= 11 is 12.0. The standard InChI is InChI=1S/C16H15Cl2NO2/c17-10-5-6-12(13(18)9-10)14-7-8-15(21-14)16(20)19-11-3-1-2-4-11/h5-9,11H,1-4H2,(H,19,20). The molecule has 1 heterocycles. The zero-order valence-corrected chi connectivity index (χ0v) is 12.9. The first-order valence-corrected chi connectivity index (χ1v) is 7.75. The van der Waals surface area contributed by atoms with Gasteiger partial charge in [0.1, 0.15) is 5.76 Å². The van der Waals surface area contributed by atoms with E-state index in [1.807, 2.05) is 0 Å². The van der Waals surface area contributed by atoms with Crippen LogP contribution in [-0.4, -0.2) is 11.9 Å². The monoisotopic (exact) mass is 323 g/mol. The van der Waals surface area contributed by atoms with E-state index in [0.29, 0.717) is 21.6 Å². The molecular weight excluding hydrogens is 309 g/mol. The molecule has 110 valence electrons. The summed E-state index contributed by atoms with van der Waals surface area (Å²) < 4.78 is 5.62. The molecule has 21 heavy (non-hydrogen) atoms. The summed E-state index contributed by atoms with van der Waals surface area (Å²) in [4.78, 5) is 12.1. The molecule has 1 N–H and O–H groups in total. The fourth-order valence-corrected chi connectivity index (χ4v) is 3.12. The molecule has 5 heteroatoms. The highest BCUT2D eigenvalue weighted by Crippen LogP contribution is 2.31. The molecule has 1 saturated carbocycles. The third kappa shape index (κ3) is 3.25. The number of furan rings is 1. The van der Waals surface area contributed by atoms with Crippen LogP contribution in [-0.2, 0) is 0 Å². The number of hydrogen-bond acceptors (Lipinski definition) is 2. The van der Waals surface area contributed by atoms with E-state index in [-0.39, 0.29) is 11.9 Å². The second-order valence-corrected chi connectivity index (χ2v) is 6.09. The minimum absolute atomic E-state index is 0.168. The molecule has 1 aromatic heterocycles. The Kier molecular flexibility index (Phi) is 4.22. The van der Waals surface area contributed by atoms with Crippen LogP contribution in [0.3, 0.4) is 0 Å². The van der Waals surface area contributed by atoms with Gasteiger partial charge < -0.3 is 9.73 Å². The molecule has 0 saturated heterocycles. The number of hydrogen-bond donors (Lipinski definition) is 1. The Labute approximate surface area is 133 Å². The molecule has 0 bridgehead atoms. The van der Waals surface area contributed by atoms with Gasteiger partial charge in [0.05, 0.1) is 5.02 Å². The number of amides is 1. The number of rotatable bonds is 3. The zero-order chi connectivity index (χ0) is 14.8. The molecule has 3 rings (SSSR count). The third-order valence-corrected chi connectivity index (χ3v) is 4.26. The normalized spacial score (nSPS) is 15.3. The van der Waals surface area contributed by atoms with Gasteiger partial charge in [0, 0.05) is 16.6 Å². The fraction of sp³-hybridized carbons (Fsp3) is 0.312. The summed E-state index contributed by atoms with van der Waals surface area (Å²) in [6.07, 6.45) is 4.44. The van der Waals surface area contributed by atoms with Crippen LogP contribution < -0.4 is 5.32 Å². The summed E-state index contributed by atoms with van der Waals surface area (Å²) in [5, 5.41) is 4.06. The van der Waals surface area contributed by atoms with Crippen molar-refractivity contribution in [2.45, 2.75) is 31.7 Å². The minimum atomic E-state index is -0.168. The summed E-state index contributed by atoms with van der Waals surface area (Å²) in [5.74, 6) is 0.703. The maximum Gasteiger partial charge on any atom is 0.287 e. The smallest absolute Gasteiger partial charge is 0.287 e. The largest absolute Gasteiger partial charge is 0.451 e. The van der Waals surface area contributed by atoms with Crippen molar-refractivity contribution in [1.82, 2.24) is 5.32 Å². The summed E-state index contributed by atoms with van der Waals surface area (Å²) in [7, 11) is 0. The first kappa shape index (κ1) is 14.5. The lowest BCUT2D eigenvalue weighted by Crippen LogP contribution is -2.32. The highest BCUT2D eigenvalue weighted by atomic mass is 35.5. The lowest BCUT2D eigenvalue weighted by Gasteiger charge is -2.09. The Morgan fingerprint density at radius 2 is 1.90 bits per heavy atom. The quantitative estimate of drug-likeness (QED) is 0.870. The van der Waals surface area contributed by atoms with Gasteiger partial charge >= 0.3 is 0 Å². The van der Waals surface area contributed by atoms with E-state index in [2.05, 4.69) is 5.32 Å². The number of halogens is 2. The average molecular weight is 324 g/mol. The number of carbonyl (C=O) groups excluding carboxylic acids is 1. The van der Waals surface area contributed by atoms with Crippen LogP contribution in [0.15, 0.2) is 34.7 Å². The molecule has 2 aromatic rings. The molecule has 0 atom stereocenters. The maximum absolute atomic E-state index is 12.1. The number of nitrogens with one attached hydrogen (secondary N) is 1. The van der Waals surface area contributed by atoms with E-state index in [9.17, 15) is 4.79 Å². The van der Waals surface area contributed by atoms with Gasteiger partial charge in [-0.25, -0.2) is 0 Å². The summed E-state index contributed by atoms with van der Waals surface area (Å²) in [5.41, 5.74) is 0.723. The summed E-state index contributed by atoms with van der Waals surface area (Å²) in [6, 6.07) is 8.86. The van der Waals surface area contributed by atoms with E-state index in [0.717, 1.165) is 18.4 Å². The maximum atomic E-state index is 12.1. The van der Waals surface area contributed by atoms with Crippen molar-refractivity contribution in [2.24, 2.45) is 0 Å². The molecule has 0 aliphatic heterocycles. The Hall–Kier alpha value is -1.45. The molecule has 0 radical (unpaired) electrons. The van der Waals surface area contributed by atoms with Crippen LogP contribution in [0, 0.1) is 0 Å². The van der Waals surface area contributed by atoms with Crippen molar-refractivity contribution < 1.29 is 9.21 Å². The molecule has 1 aliphatic carbocycles. The van der Waals surface area contributed by atoms with Crippen molar-refractivity contribution in [3.8, 4) is 11.3 Å². The highest BCUT2D eigenvalue weighted by Gasteiger charge is 2.20. The molecular formula is C16H15Cl2NO2. The van der Waals surface area contributed by atoms with Crippen LogP contribution in [0.4, 0.5) is 0 Å². The molecule has 1 amide bonds. The Morgan fingerprint density at radius 3 is 2.62 bits per heavy atom. The van der Waals surface area contributed by atoms with Gasteiger partial charge in [-0.15, -0.1) is 0 Å². The van der Waals surface area contributed by atoms with E-state index < -0.39 is 0 Å². The van der Waals surface area contributed by atoms with Crippen LogP contribution >= 0.6 is 23.2 Å². The molecule has 1 fully saturated rings. The fourth-order valence-electron chi connectivity index (χ4n) is 2.62. The van der Waals surface area contributed by atoms with Gasteiger partial charge in [-0.1, -0.05) is 36.0 Å². The van der Waals surface area contributed by atoms with E-state index in [1.165, 1.54) is 12.8 Å². The first-order valence-electron chi connectivity index (χ1n) is 6.99. The molecule has 0 unspecified atom stereocenters. The van der Waals surface area contributed by atoms with Gasteiger partial charge in [0.15, 0.2) is 5.76 Å². The Morgan fingerprint density at radius 1 is 1.14 bits per heavy atom. The van der Waals surface area contributed by atoms with Gasteiger partial charge in [0.2, 0.25) is 0 Å². The molecule has 3 nitrogen and oxygen atoms in total. The van der Waals surface area contributed by atoms with Crippen LogP contribution in [0.5, 0.6) is 0 Å². The van der Waals surface area contributed by atoms with Crippen molar-refractivity contribution in [2.75, 3.05) is 0 Å². The lowest BCUT2D eigenvalue weighted by atomic mass is 10.2. The van der Waals surface area contributed by atoms with Crippen molar-refractivity contribution in [3.63, 3.8) is 0 Å². The molecule has 1 aromatic carbocycles. The first-order chi connectivity index (χ1) is 10.1. The minimum Gasteiger partial charge on any atom is -0.451 e. The number of benzene rings is 1. The molecule has 1 aliphatic rings. The van der Waals surface area contributed by atoms with Gasteiger partial charge in [0.25, 0.3) is 5.91 Å². The predicted octanol–water partition coefficient (Wildman–Crippen LogP) is 4.93. The third-order valence-electron chi connectivity index (χ3n) is 3.72. The van der Waals surface area contributed by atoms with Crippen LogP contribution in [0.25, 0.3) is 11.3 Å². The topological polar surface area (TPSA) is 42.2 Å². The average Bonchev–Trinajstić information content (AvgIpc) is 3.09. The predicted molar refractivity (Wildman–Crippen MR) is 83.9 cm³/mol. The lowest BCUT2D eigenvalue weighted by molar-refractivity contribution is 0.0910. The van der Waals surface area contributed by atoms with Crippen molar-refractivity contribution in [3.05, 3.63) is 46.1 Å². The molecule has 0 spiro atoms. The Bertz CT molecular complexity index is 660. The summed E-state index contributed by atoms with van der Waals surface area (Å²) in [6.45, 7) is 0. The Balaban J connectivity index is 1.77. The van der Waals surface area contributed by atoms with E-state index in [1.54, 1.807) is 30.3 Å². The van der Waals surface area contributed by atoms with Gasteiger partial charge in [-0.2, -0.15) is 0 Å². The van der Waals surface area contributed by atoms with Gasteiger partial charge in [-0.05, 0) is 43.2 Å². The second-order valence-electron chi connectivity index (χ2n) is 5.24. The zero-order valence-electron chi connectivity index (χ0n) is 11.4.